The molecule has 2 amide bonds. The van der Waals surface area contributed by atoms with E-state index in [0.29, 0.717) is 35.8 Å². The molecule has 3 rings (SSSR count). The van der Waals surface area contributed by atoms with Gasteiger partial charge in [0.1, 0.15) is 5.75 Å². The first-order valence-electron chi connectivity index (χ1n) is 9.09. The van der Waals surface area contributed by atoms with Gasteiger partial charge in [0, 0.05) is 36.5 Å². The summed E-state index contributed by atoms with van der Waals surface area (Å²) in [6, 6.07) is 10.4. The van der Waals surface area contributed by atoms with Gasteiger partial charge < -0.3 is 19.9 Å². The predicted molar refractivity (Wildman–Crippen MR) is 108 cm³/mol. The monoisotopic (exact) mass is 398 g/mol. The molecule has 0 aliphatic carbocycles. The maximum atomic E-state index is 12.6. The number of nitrogens with zero attached hydrogens (tertiary/aromatic N) is 3. The lowest BCUT2D eigenvalue weighted by molar-refractivity contribution is -0.384. The minimum atomic E-state index is -0.579. The number of benzene rings is 2. The molecule has 0 bridgehead atoms. The molecule has 9 nitrogen and oxygen atoms in total. The first kappa shape index (κ1) is 20.3. The van der Waals surface area contributed by atoms with Gasteiger partial charge in [-0.2, -0.15) is 0 Å². The second-order valence-corrected chi connectivity index (χ2v) is 6.99. The normalized spacial score (nSPS) is 15.7. The molecule has 1 aliphatic heterocycles. The van der Waals surface area contributed by atoms with Crippen LogP contribution in [0.25, 0.3) is 0 Å². The van der Waals surface area contributed by atoms with Crippen LogP contribution in [-0.4, -0.2) is 54.9 Å². The van der Waals surface area contributed by atoms with Crippen molar-refractivity contribution >= 4 is 28.9 Å². The molecule has 0 spiro atoms. The highest BCUT2D eigenvalue weighted by Crippen LogP contribution is 2.36. The number of hydrogen-bond donors (Lipinski definition) is 1. The third-order valence-electron chi connectivity index (χ3n) is 4.54. The highest BCUT2D eigenvalue weighted by atomic mass is 16.6. The molecule has 152 valence electrons. The number of carbonyl (C=O) groups is 2. The minimum Gasteiger partial charge on any atom is -0.479 e. The summed E-state index contributed by atoms with van der Waals surface area (Å²) in [6.07, 6.45) is -0.579. The van der Waals surface area contributed by atoms with E-state index in [1.165, 1.54) is 24.3 Å². The summed E-state index contributed by atoms with van der Waals surface area (Å²) in [5, 5.41) is 13.5. The van der Waals surface area contributed by atoms with Gasteiger partial charge in [0.15, 0.2) is 6.10 Å². The van der Waals surface area contributed by atoms with Gasteiger partial charge in [-0.3, -0.25) is 19.7 Å². The molecule has 1 atom stereocenters. The van der Waals surface area contributed by atoms with Gasteiger partial charge in [0.05, 0.1) is 10.6 Å². The lowest BCUT2D eigenvalue weighted by Gasteiger charge is -2.34. The molecule has 9 heteroatoms. The van der Waals surface area contributed by atoms with Gasteiger partial charge in [-0.1, -0.05) is 0 Å². The number of nitro benzene ring substituents is 1. The third-order valence-corrected chi connectivity index (χ3v) is 4.54. The first-order valence-corrected chi connectivity index (χ1v) is 9.09. The zero-order valence-electron chi connectivity index (χ0n) is 16.4. The number of nitro groups is 1. The Morgan fingerprint density at radius 2 is 1.93 bits per heavy atom. The summed E-state index contributed by atoms with van der Waals surface area (Å²) in [7, 11) is 3.85. The number of ether oxygens (including phenoxy) is 1. The average molecular weight is 398 g/mol. The second kappa shape index (κ2) is 8.27. The summed E-state index contributed by atoms with van der Waals surface area (Å²) < 4.78 is 5.68. The van der Waals surface area contributed by atoms with Crippen molar-refractivity contribution in [1.82, 2.24) is 4.90 Å². The van der Waals surface area contributed by atoms with Gasteiger partial charge >= 0.3 is 0 Å². The van der Waals surface area contributed by atoms with E-state index in [9.17, 15) is 19.7 Å². The minimum absolute atomic E-state index is 0.0864. The summed E-state index contributed by atoms with van der Waals surface area (Å²) in [5.74, 6) is 0.0264. The van der Waals surface area contributed by atoms with Crippen molar-refractivity contribution in [2.24, 2.45) is 0 Å². The van der Waals surface area contributed by atoms with Gasteiger partial charge in [0.2, 0.25) is 0 Å². The number of rotatable bonds is 6. The van der Waals surface area contributed by atoms with Crippen molar-refractivity contribution in [3.05, 3.63) is 58.1 Å². The number of nitrogens with one attached hydrogen (secondary N) is 1. The molecule has 0 fully saturated rings. The molecule has 0 saturated heterocycles. The fourth-order valence-corrected chi connectivity index (χ4v) is 2.95. The Labute approximate surface area is 168 Å². The highest BCUT2D eigenvalue weighted by molar-refractivity contribution is 6.05. The van der Waals surface area contributed by atoms with E-state index < -0.39 is 16.9 Å². The van der Waals surface area contributed by atoms with Crippen molar-refractivity contribution in [3.8, 4) is 5.75 Å². The Hall–Kier alpha value is -3.46. The zero-order chi connectivity index (χ0) is 21.1. The molecule has 1 aliphatic rings. The standard InChI is InChI=1S/C20H22N4O5/c1-13-20(26)23(11-10-22(2)3)17-12-15(6-9-18(17)29-13)21-19(25)14-4-7-16(8-5-14)24(27)28/h4-9,12-13H,10-11H2,1-3H3,(H,21,25). The summed E-state index contributed by atoms with van der Waals surface area (Å²) >= 11 is 0. The Morgan fingerprint density at radius 3 is 2.55 bits per heavy atom. The Morgan fingerprint density at radius 1 is 1.24 bits per heavy atom. The number of non-ortho nitro benzene ring substituents is 1. The third kappa shape index (κ3) is 4.52. The summed E-state index contributed by atoms with van der Waals surface area (Å²) in [5.41, 5.74) is 1.29. The van der Waals surface area contributed by atoms with Gasteiger partial charge in [-0.05, 0) is 51.4 Å². The highest BCUT2D eigenvalue weighted by Gasteiger charge is 2.31. The Balaban J connectivity index is 1.82. The van der Waals surface area contributed by atoms with E-state index >= 15 is 0 Å². The zero-order valence-corrected chi connectivity index (χ0v) is 16.4. The summed E-state index contributed by atoms with van der Waals surface area (Å²) in [6.45, 7) is 2.88. The molecular weight excluding hydrogens is 376 g/mol. The largest absolute Gasteiger partial charge is 0.479 e. The lowest BCUT2D eigenvalue weighted by Crippen LogP contribution is -2.46. The van der Waals surface area contributed by atoms with Crippen molar-refractivity contribution < 1.29 is 19.2 Å². The number of hydrogen-bond acceptors (Lipinski definition) is 6. The maximum Gasteiger partial charge on any atom is 0.269 e. The van der Waals surface area contributed by atoms with Crippen LogP contribution in [0.3, 0.4) is 0 Å². The van der Waals surface area contributed by atoms with Gasteiger partial charge in [0.25, 0.3) is 17.5 Å². The van der Waals surface area contributed by atoms with Gasteiger partial charge in [-0.25, -0.2) is 0 Å². The average Bonchev–Trinajstić information content (AvgIpc) is 2.68. The number of carbonyl (C=O) groups excluding carboxylic acids is 2. The smallest absolute Gasteiger partial charge is 0.269 e. The number of likely N-dealkylation sites (N-methyl/N-ethyl adjacent to an activating group) is 1. The van der Waals surface area contributed by atoms with Crippen molar-refractivity contribution in [2.45, 2.75) is 13.0 Å². The van der Waals surface area contributed by atoms with E-state index in [0.717, 1.165) is 0 Å². The second-order valence-electron chi connectivity index (χ2n) is 6.99. The van der Waals surface area contributed by atoms with Crippen LogP contribution >= 0.6 is 0 Å². The molecular formula is C20H22N4O5. The molecule has 2 aromatic carbocycles. The summed E-state index contributed by atoms with van der Waals surface area (Å²) in [4.78, 5) is 38.9. The van der Waals surface area contributed by atoms with E-state index in [1.807, 2.05) is 19.0 Å². The van der Waals surface area contributed by atoms with Crippen molar-refractivity contribution in [2.75, 3.05) is 37.4 Å². The maximum absolute atomic E-state index is 12.6. The van der Waals surface area contributed by atoms with Crippen LogP contribution in [0.1, 0.15) is 17.3 Å². The Bertz CT molecular complexity index is 942. The number of amides is 2. The molecule has 0 radical (unpaired) electrons. The molecule has 1 unspecified atom stereocenters. The first-order chi connectivity index (χ1) is 13.8. The van der Waals surface area contributed by atoms with Gasteiger partial charge in [-0.15, -0.1) is 0 Å². The topological polar surface area (TPSA) is 105 Å². The van der Waals surface area contributed by atoms with E-state index in [1.54, 1.807) is 30.0 Å². The number of anilines is 2. The quantitative estimate of drug-likeness (QED) is 0.592. The molecule has 1 heterocycles. The molecule has 29 heavy (non-hydrogen) atoms. The fraction of sp³-hybridized carbons (Fsp3) is 0.300. The lowest BCUT2D eigenvalue weighted by atomic mass is 10.1. The SMILES string of the molecule is CC1Oc2ccc(NC(=O)c3ccc([N+](=O)[O-])cc3)cc2N(CCN(C)C)C1=O. The molecule has 0 saturated carbocycles. The van der Waals surface area contributed by atoms with Crippen LogP contribution < -0.4 is 15.0 Å². The van der Waals surface area contributed by atoms with E-state index in [-0.39, 0.29) is 11.6 Å². The van der Waals surface area contributed by atoms with Crippen LogP contribution in [0, 0.1) is 10.1 Å². The molecule has 0 aromatic heterocycles. The predicted octanol–water partition coefficient (Wildman–Crippen LogP) is 2.52. The van der Waals surface area contributed by atoms with Crippen molar-refractivity contribution in [1.29, 1.82) is 0 Å². The van der Waals surface area contributed by atoms with Crippen LogP contribution in [0.2, 0.25) is 0 Å². The van der Waals surface area contributed by atoms with Crippen LogP contribution in [-0.2, 0) is 4.79 Å². The van der Waals surface area contributed by atoms with E-state index in [2.05, 4.69) is 5.32 Å². The van der Waals surface area contributed by atoms with Crippen LogP contribution in [0.15, 0.2) is 42.5 Å². The fourth-order valence-electron chi connectivity index (χ4n) is 2.95. The molecule has 1 N–H and O–H groups in total. The van der Waals surface area contributed by atoms with Crippen molar-refractivity contribution in [3.63, 3.8) is 0 Å². The van der Waals surface area contributed by atoms with E-state index in [4.69, 9.17) is 4.74 Å². The van der Waals surface area contributed by atoms with Crippen LogP contribution in [0.5, 0.6) is 5.75 Å². The number of fused-ring (bicyclic) bond motifs is 1. The Kier molecular flexibility index (Phi) is 5.79. The van der Waals surface area contributed by atoms with Crippen LogP contribution in [0.4, 0.5) is 17.1 Å². The molecule has 2 aromatic rings.